The first-order valence-electron chi connectivity index (χ1n) is 5.28. The smallest absolute Gasteiger partial charge is 0.330 e. The Morgan fingerprint density at radius 1 is 1.24 bits per heavy atom. The molecule has 0 unspecified atom stereocenters. The van der Waals surface area contributed by atoms with Gasteiger partial charge in [0, 0.05) is 11.5 Å². The molecule has 0 rings (SSSR count). The SMILES string of the molecule is C=CCOC(=O)C=C.CCC(CO)(CO)CO. The standard InChI is InChI=1S/C6H14O3.C6H8O2/c1-2-6(3-7,4-8)5-9;1-3-5-8-6(7)4-2/h7-9H,2-5H2,1H3;3-4H,1-2,5H2. The third-order valence-corrected chi connectivity index (χ3v) is 2.27. The van der Waals surface area contributed by atoms with E-state index in [1.54, 1.807) is 0 Å². The minimum absolute atomic E-state index is 0.156. The first-order valence-corrected chi connectivity index (χ1v) is 5.28. The summed E-state index contributed by atoms with van der Waals surface area (Å²) in [6, 6.07) is 0. The number of carbonyl (C=O) groups excluding carboxylic acids is 1. The first kappa shape index (κ1) is 18.2. The van der Waals surface area contributed by atoms with Crippen LogP contribution in [0.2, 0.25) is 0 Å². The van der Waals surface area contributed by atoms with Crippen LogP contribution in [-0.2, 0) is 9.53 Å². The van der Waals surface area contributed by atoms with Crippen molar-refractivity contribution in [3.05, 3.63) is 25.3 Å². The summed E-state index contributed by atoms with van der Waals surface area (Å²) in [7, 11) is 0. The molecule has 0 atom stereocenters. The van der Waals surface area contributed by atoms with Gasteiger partial charge in [-0.2, -0.15) is 0 Å². The van der Waals surface area contributed by atoms with E-state index in [1.807, 2.05) is 6.92 Å². The third kappa shape index (κ3) is 8.62. The van der Waals surface area contributed by atoms with Crippen molar-refractivity contribution < 1.29 is 24.9 Å². The van der Waals surface area contributed by atoms with E-state index < -0.39 is 11.4 Å². The van der Waals surface area contributed by atoms with E-state index in [4.69, 9.17) is 15.3 Å². The maximum Gasteiger partial charge on any atom is 0.330 e. The normalized spacial score (nSPS) is 9.88. The Kier molecular flexibility index (Phi) is 12.1. The molecule has 0 saturated heterocycles. The molecule has 0 aliphatic rings. The number of hydrogen-bond acceptors (Lipinski definition) is 5. The minimum atomic E-state index is -0.667. The van der Waals surface area contributed by atoms with Gasteiger partial charge in [-0.15, -0.1) is 0 Å². The summed E-state index contributed by atoms with van der Waals surface area (Å²) in [5.74, 6) is -0.412. The number of ether oxygens (including phenoxy) is 1. The van der Waals surface area contributed by atoms with Gasteiger partial charge in [0.15, 0.2) is 0 Å². The van der Waals surface area contributed by atoms with Crippen LogP contribution < -0.4 is 0 Å². The van der Waals surface area contributed by atoms with Gasteiger partial charge in [-0.05, 0) is 6.42 Å². The third-order valence-electron chi connectivity index (χ3n) is 2.27. The fraction of sp³-hybridized carbons (Fsp3) is 0.583. The molecule has 100 valence electrons. The van der Waals surface area contributed by atoms with Gasteiger partial charge in [0.05, 0.1) is 19.8 Å². The van der Waals surface area contributed by atoms with Gasteiger partial charge >= 0.3 is 5.97 Å². The van der Waals surface area contributed by atoms with Crippen LogP contribution >= 0.6 is 0 Å². The summed E-state index contributed by atoms with van der Waals surface area (Å²) >= 11 is 0. The highest BCUT2D eigenvalue weighted by Crippen LogP contribution is 2.18. The van der Waals surface area contributed by atoms with E-state index in [9.17, 15) is 4.79 Å². The van der Waals surface area contributed by atoms with Crippen LogP contribution in [0.5, 0.6) is 0 Å². The van der Waals surface area contributed by atoms with Crippen LogP contribution in [0.1, 0.15) is 13.3 Å². The quantitative estimate of drug-likeness (QED) is 0.341. The largest absolute Gasteiger partial charge is 0.458 e. The predicted octanol–water partition coefficient (Wildman–Crippen LogP) is 0.261. The van der Waals surface area contributed by atoms with Gasteiger partial charge < -0.3 is 20.1 Å². The second-order valence-corrected chi connectivity index (χ2v) is 3.45. The fourth-order valence-electron chi connectivity index (χ4n) is 0.685. The van der Waals surface area contributed by atoms with Crippen molar-refractivity contribution in [1.29, 1.82) is 0 Å². The van der Waals surface area contributed by atoms with E-state index in [0.717, 1.165) is 6.08 Å². The van der Waals surface area contributed by atoms with E-state index in [2.05, 4.69) is 17.9 Å². The molecule has 5 nitrogen and oxygen atoms in total. The Bertz CT molecular complexity index is 203. The average Bonchev–Trinajstić information content (AvgIpc) is 2.40. The molecule has 0 bridgehead atoms. The van der Waals surface area contributed by atoms with E-state index in [1.165, 1.54) is 6.08 Å². The highest BCUT2D eigenvalue weighted by Gasteiger charge is 2.24. The van der Waals surface area contributed by atoms with Gasteiger partial charge in [0.1, 0.15) is 6.61 Å². The molecular weight excluding hydrogens is 224 g/mol. The summed E-state index contributed by atoms with van der Waals surface area (Å²) in [4.78, 5) is 10.2. The molecular formula is C12H22O5. The Morgan fingerprint density at radius 3 is 1.88 bits per heavy atom. The molecule has 0 aromatic rings. The number of aliphatic hydroxyl groups excluding tert-OH is 3. The van der Waals surface area contributed by atoms with Gasteiger partial charge in [-0.25, -0.2) is 4.79 Å². The second-order valence-electron chi connectivity index (χ2n) is 3.45. The zero-order valence-corrected chi connectivity index (χ0v) is 10.3. The van der Waals surface area contributed by atoms with E-state index in [0.29, 0.717) is 6.42 Å². The molecule has 0 aromatic heterocycles. The van der Waals surface area contributed by atoms with Gasteiger partial charge in [0.25, 0.3) is 0 Å². The number of carbonyl (C=O) groups is 1. The van der Waals surface area contributed by atoms with Crippen LogP contribution in [-0.4, -0.2) is 47.7 Å². The van der Waals surface area contributed by atoms with Gasteiger partial charge in [0.2, 0.25) is 0 Å². The number of rotatable bonds is 7. The Morgan fingerprint density at radius 2 is 1.71 bits per heavy atom. The summed E-state index contributed by atoms with van der Waals surface area (Å²) in [5.41, 5.74) is -0.667. The van der Waals surface area contributed by atoms with Gasteiger partial charge in [-0.1, -0.05) is 26.2 Å². The van der Waals surface area contributed by atoms with Crippen molar-refractivity contribution in [2.75, 3.05) is 26.4 Å². The topological polar surface area (TPSA) is 87.0 Å². The Hall–Kier alpha value is -1.17. The summed E-state index contributed by atoms with van der Waals surface area (Å²) in [6.45, 7) is 8.17. The van der Waals surface area contributed by atoms with E-state index in [-0.39, 0.29) is 26.4 Å². The fourth-order valence-corrected chi connectivity index (χ4v) is 0.685. The summed E-state index contributed by atoms with van der Waals surface area (Å²) < 4.78 is 4.47. The van der Waals surface area contributed by atoms with Crippen LogP contribution in [0.4, 0.5) is 0 Å². The highest BCUT2D eigenvalue weighted by molar-refractivity contribution is 5.81. The molecule has 0 aliphatic carbocycles. The van der Waals surface area contributed by atoms with Gasteiger partial charge in [-0.3, -0.25) is 0 Å². The van der Waals surface area contributed by atoms with Crippen molar-refractivity contribution in [2.45, 2.75) is 13.3 Å². The molecule has 3 N–H and O–H groups in total. The molecule has 0 aliphatic heterocycles. The van der Waals surface area contributed by atoms with Crippen LogP contribution in [0.25, 0.3) is 0 Å². The Balaban J connectivity index is 0. The molecule has 0 heterocycles. The minimum Gasteiger partial charge on any atom is -0.458 e. The highest BCUT2D eigenvalue weighted by atomic mass is 16.5. The van der Waals surface area contributed by atoms with Crippen molar-refractivity contribution in [3.63, 3.8) is 0 Å². The zero-order chi connectivity index (χ0) is 13.7. The average molecular weight is 246 g/mol. The molecule has 17 heavy (non-hydrogen) atoms. The molecule has 0 fully saturated rings. The molecule has 0 spiro atoms. The lowest BCUT2D eigenvalue weighted by molar-refractivity contribution is -0.136. The molecule has 5 heteroatoms. The molecule has 0 aromatic carbocycles. The second kappa shape index (κ2) is 11.3. The molecule has 0 radical (unpaired) electrons. The number of hydrogen-bond donors (Lipinski definition) is 3. The van der Waals surface area contributed by atoms with Crippen LogP contribution in [0, 0.1) is 5.41 Å². The lowest BCUT2D eigenvalue weighted by atomic mass is 9.88. The summed E-state index contributed by atoms with van der Waals surface area (Å²) in [6.07, 6.45) is 3.21. The maximum atomic E-state index is 10.2. The van der Waals surface area contributed by atoms with Crippen molar-refractivity contribution in [2.24, 2.45) is 5.41 Å². The number of aliphatic hydroxyl groups is 3. The van der Waals surface area contributed by atoms with Crippen LogP contribution in [0.3, 0.4) is 0 Å². The molecule has 0 amide bonds. The van der Waals surface area contributed by atoms with Crippen molar-refractivity contribution in [1.82, 2.24) is 0 Å². The Labute approximate surface area is 102 Å². The van der Waals surface area contributed by atoms with Crippen LogP contribution in [0.15, 0.2) is 25.3 Å². The lowest BCUT2D eigenvalue weighted by Crippen LogP contribution is -2.32. The lowest BCUT2D eigenvalue weighted by Gasteiger charge is -2.24. The van der Waals surface area contributed by atoms with E-state index >= 15 is 0 Å². The summed E-state index contributed by atoms with van der Waals surface area (Å²) in [5, 5.41) is 26.0. The van der Waals surface area contributed by atoms with Crippen molar-refractivity contribution >= 4 is 5.97 Å². The van der Waals surface area contributed by atoms with Crippen molar-refractivity contribution in [3.8, 4) is 0 Å². The predicted molar refractivity (Wildman–Crippen MR) is 65.3 cm³/mol. The monoisotopic (exact) mass is 246 g/mol. The zero-order valence-electron chi connectivity index (χ0n) is 10.3. The number of esters is 1. The maximum absolute atomic E-state index is 10.2. The molecule has 0 saturated carbocycles. The first-order chi connectivity index (χ1) is 8.05.